The summed E-state index contributed by atoms with van der Waals surface area (Å²) in [5.41, 5.74) is 1.29. The third kappa shape index (κ3) is 4.73. The molecule has 1 aromatic heterocycles. The minimum Gasteiger partial charge on any atom is -0.378 e. The van der Waals surface area contributed by atoms with E-state index in [1.54, 1.807) is 12.1 Å². The van der Waals surface area contributed by atoms with Crippen LogP contribution < -0.4 is 5.32 Å². The molecule has 1 unspecified atom stereocenters. The quantitative estimate of drug-likeness (QED) is 0.637. The molecule has 1 saturated carbocycles. The van der Waals surface area contributed by atoms with Gasteiger partial charge in [0.2, 0.25) is 0 Å². The fourth-order valence-corrected chi connectivity index (χ4v) is 3.76. The third-order valence-electron chi connectivity index (χ3n) is 5.01. The number of nitrogens with one attached hydrogen (secondary N) is 1. The molecule has 146 valence electrons. The second-order valence-electron chi connectivity index (χ2n) is 7.30. The fourth-order valence-electron chi connectivity index (χ4n) is 3.57. The Bertz CT molecular complexity index is 1120. The molecule has 0 saturated heterocycles. The van der Waals surface area contributed by atoms with Gasteiger partial charge in [0.25, 0.3) is 5.91 Å². The van der Waals surface area contributed by atoms with Gasteiger partial charge in [0.1, 0.15) is 11.3 Å². The molecule has 0 aliphatic heterocycles. The van der Waals surface area contributed by atoms with Crippen LogP contribution >= 0.6 is 11.6 Å². The average Bonchev–Trinajstić information content (AvgIpc) is 2.72. The van der Waals surface area contributed by atoms with Gasteiger partial charge in [0.05, 0.1) is 17.2 Å². The van der Waals surface area contributed by atoms with Crippen LogP contribution in [-0.4, -0.2) is 32.6 Å². The minimum atomic E-state index is -1.15. The summed E-state index contributed by atoms with van der Waals surface area (Å²) < 4.78 is 0. The lowest BCUT2D eigenvalue weighted by Crippen LogP contribution is -2.45. The van der Waals surface area contributed by atoms with E-state index in [2.05, 4.69) is 27.1 Å². The van der Waals surface area contributed by atoms with Crippen molar-refractivity contribution >= 4 is 28.5 Å². The molecule has 1 aliphatic rings. The summed E-state index contributed by atoms with van der Waals surface area (Å²) in [6, 6.07) is 14.5. The van der Waals surface area contributed by atoms with Crippen molar-refractivity contribution in [3.63, 3.8) is 0 Å². The maximum absolute atomic E-state index is 12.6. The number of nitrogens with zero attached hydrogens (tertiary/aromatic N) is 2. The number of carbonyl (C=O) groups is 1. The van der Waals surface area contributed by atoms with Gasteiger partial charge in [0.15, 0.2) is 0 Å². The zero-order chi connectivity index (χ0) is 20.3. The highest BCUT2D eigenvalue weighted by molar-refractivity contribution is 6.30. The number of hydrogen-bond donors (Lipinski definition) is 2. The Hall–Kier alpha value is -2.94. The predicted octanol–water partition coefficient (Wildman–Crippen LogP) is 3.74. The van der Waals surface area contributed by atoms with Gasteiger partial charge in [0, 0.05) is 23.0 Å². The highest BCUT2D eigenvalue weighted by Crippen LogP contribution is 2.28. The molecule has 4 rings (SSSR count). The highest BCUT2D eigenvalue weighted by Gasteiger charge is 2.33. The first-order chi connectivity index (χ1) is 14.0. The molecule has 2 atom stereocenters. The molecule has 29 heavy (non-hydrogen) atoms. The zero-order valence-electron chi connectivity index (χ0n) is 15.7. The van der Waals surface area contributed by atoms with Crippen molar-refractivity contribution in [1.29, 1.82) is 0 Å². The monoisotopic (exact) mass is 405 g/mol. The van der Waals surface area contributed by atoms with Crippen molar-refractivity contribution in [2.45, 2.75) is 37.3 Å². The van der Waals surface area contributed by atoms with Crippen LogP contribution in [0.5, 0.6) is 0 Å². The van der Waals surface area contributed by atoms with Crippen molar-refractivity contribution in [3.05, 3.63) is 71.0 Å². The Labute approximate surface area is 174 Å². The lowest BCUT2D eigenvalue weighted by Gasteiger charge is -2.33. The van der Waals surface area contributed by atoms with Crippen molar-refractivity contribution in [3.8, 4) is 11.8 Å². The van der Waals surface area contributed by atoms with Crippen LogP contribution in [0.1, 0.15) is 41.7 Å². The van der Waals surface area contributed by atoms with Crippen LogP contribution in [0.15, 0.2) is 54.7 Å². The first-order valence-electron chi connectivity index (χ1n) is 9.55. The largest absolute Gasteiger partial charge is 0.378 e. The summed E-state index contributed by atoms with van der Waals surface area (Å²) in [5, 5.41) is 14.5. The fraction of sp³-hybridized carbons (Fsp3) is 0.261. The molecule has 0 radical (unpaired) electrons. The number of amides is 1. The number of aliphatic hydroxyl groups is 1. The van der Waals surface area contributed by atoms with Crippen molar-refractivity contribution in [2.75, 3.05) is 0 Å². The smallest absolute Gasteiger partial charge is 0.271 e. The van der Waals surface area contributed by atoms with Crippen LogP contribution in [-0.2, 0) is 0 Å². The summed E-state index contributed by atoms with van der Waals surface area (Å²) in [7, 11) is 0. The van der Waals surface area contributed by atoms with Gasteiger partial charge in [-0.1, -0.05) is 41.6 Å². The molecule has 0 bridgehead atoms. The lowest BCUT2D eigenvalue weighted by molar-refractivity contribution is 0.0451. The molecule has 6 heteroatoms. The minimum absolute atomic E-state index is 0.178. The second kappa shape index (κ2) is 8.20. The maximum Gasteiger partial charge on any atom is 0.271 e. The van der Waals surface area contributed by atoms with Crippen LogP contribution in [0.3, 0.4) is 0 Å². The summed E-state index contributed by atoms with van der Waals surface area (Å²) >= 11 is 5.99. The molecule has 1 amide bonds. The number of benzene rings is 2. The molecular weight excluding hydrogens is 386 g/mol. The first kappa shape index (κ1) is 19.4. The number of hydrogen-bond acceptors (Lipinski definition) is 4. The molecule has 3 aromatic rings. The Morgan fingerprint density at radius 1 is 1.21 bits per heavy atom. The SMILES string of the molecule is O=C(N[C@@H]1CCCC(O)(C#Cc2cccc(Cl)c2)C1)c1cnc2ccccc2n1. The van der Waals surface area contributed by atoms with Crippen LogP contribution in [0.2, 0.25) is 5.02 Å². The Morgan fingerprint density at radius 3 is 2.86 bits per heavy atom. The topological polar surface area (TPSA) is 75.1 Å². The summed E-state index contributed by atoms with van der Waals surface area (Å²) in [6.07, 6.45) is 3.98. The number of aromatic nitrogens is 2. The number of fused-ring (bicyclic) bond motifs is 1. The molecule has 2 aromatic carbocycles. The molecule has 1 fully saturated rings. The van der Waals surface area contributed by atoms with E-state index in [-0.39, 0.29) is 17.6 Å². The molecule has 2 N–H and O–H groups in total. The van der Waals surface area contributed by atoms with E-state index in [1.807, 2.05) is 36.4 Å². The Balaban J connectivity index is 1.45. The second-order valence-corrected chi connectivity index (χ2v) is 7.74. The van der Waals surface area contributed by atoms with E-state index in [0.717, 1.165) is 23.9 Å². The van der Waals surface area contributed by atoms with E-state index in [1.165, 1.54) is 6.20 Å². The van der Waals surface area contributed by atoms with Crippen LogP contribution in [0, 0.1) is 11.8 Å². The number of rotatable bonds is 2. The number of para-hydroxylation sites is 2. The summed E-state index contributed by atoms with van der Waals surface area (Å²) in [4.78, 5) is 21.3. The maximum atomic E-state index is 12.6. The van der Waals surface area contributed by atoms with Crippen molar-refractivity contribution in [2.24, 2.45) is 0 Å². The van der Waals surface area contributed by atoms with Crippen LogP contribution in [0.4, 0.5) is 0 Å². The van der Waals surface area contributed by atoms with E-state index in [4.69, 9.17) is 11.6 Å². The third-order valence-corrected chi connectivity index (χ3v) is 5.24. The molecule has 0 spiro atoms. The van der Waals surface area contributed by atoms with Gasteiger partial charge in [-0.05, 0) is 49.6 Å². The van der Waals surface area contributed by atoms with Crippen molar-refractivity contribution < 1.29 is 9.90 Å². The van der Waals surface area contributed by atoms with Gasteiger partial charge >= 0.3 is 0 Å². The Morgan fingerprint density at radius 2 is 2.03 bits per heavy atom. The predicted molar refractivity (Wildman–Crippen MR) is 113 cm³/mol. The van der Waals surface area contributed by atoms with Gasteiger partial charge in [-0.15, -0.1) is 0 Å². The summed E-state index contributed by atoms with van der Waals surface area (Å²) in [5.74, 6) is 5.69. The van der Waals surface area contributed by atoms with E-state index in [0.29, 0.717) is 23.4 Å². The molecule has 1 heterocycles. The van der Waals surface area contributed by atoms with Gasteiger partial charge < -0.3 is 10.4 Å². The lowest BCUT2D eigenvalue weighted by atomic mass is 9.82. The molecule has 1 aliphatic carbocycles. The standard InChI is InChI=1S/C23H20ClN3O2/c24-17-6-3-5-16(13-17)10-12-23(29)11-4-7-18(14-23)26-22(28)21-15-25-19-8-1-2-9-20(19)27-21/h1-3,5-6,8-9,13,15,18,29H,4,7,11,14H2,(H,26,28)/t18-,23?/m1/s1. The number of halogens is 1. The zero-order valence-corrected chi connectivity index (χ0v) is 16.5. The summed E-state index contributed by atoms with van der Waals surface area (Å²) in [6.45, 7) is 0. The Kier molecular flexibility index (Phi) is 5.48. The first-order valence-corrected chi connectivity index (χ1v) is 9.92. The van der Waals surface area contributed by atoms with E-state index >= 15 is 0 Å². The van der Waals surface area contributed by atoms with Crippen molar-refractivity contribution in [1.82, 2.24) is 15.3 Å². The highest BCUT2D eigenvalue weighted by atomic mass is 35.5. The average molecular weight is 406 g/mol. The van der Waals surface area contributed by atoms with Crippen LogP contribution in [0.25, 0.3) is 11.0 Å². The molecular formula is C23H20ClN3O2. The number of carbonyl (C=O) groups excluding carboxylic acids is 1. The van der Waals surface area contributed by atoms with Gasteiger partial charge in [-0.3, -0.25) is 9.78 Å². The normalized spacial score (nSPS) is 21.2. The van der Waals surface area contributed by atoms with Gasteiger partial charge in [-0.25, -0.2) is 4.98 Å². The van der Waals surface area contributed by atoms with Gasteiger partial charge in [-0.2, -0.15) is 0 Å². The van der Waals surface area contributed by atoms with E-state index < -0.39 is 5.60 Å². The molecule has 5 nitrogen and oxygen atoms in total. The van der Waals surface area contributed by atoms with E-state index in [9.17, 15) is 9.90 Å².